The SMILES string of the molecule is CC/C(C)=C\SNC. The summed E-state index contributed by atoms with van der Waals surface area (Å²) in [5, 5.41) is 2.12. The summed E-state index contributed by atoms with van der Waals surface area (Å²) in [6, 6.07) is 0. The Kier molecular flexibility index (Phi) is 5.22. The van der Waals surface area contributed by atoms with E-state index in [0.29, 0.717) is 0 Å². The minimum absolute atomic E-state index is 1.15. The highest BCUT2D eigenvalue weighted by Crippen LogP contribution is 2.04. The van der Waals surface area contributed by atoms with Crippen LogP contribution in [0.4, 0.5) is 0 Å². The van der Waals surface area contributed by atoms with Crippen LogP contribution in [0.2, 0.25) is 0 Å². The molecule has 0 heterocycles. The number of rotatable bonds is 3. The second kappa shape index (κ2) is 5.19. The number of nitrogens with one attached hydrogen (secondary N) is 1. The molecule has 0 aromatic carbocycles. The highest BCUT2D eigenvalue weighted by atomic mass is 32.2. The van der Waals surface area contributed by atoms with Gasteiger partial charge in [-0.05, 0) is 25.8 Å². The molecule has 0 aliphatic heterocycles. The molecule has 1 nitrogen and oxygen atoms in total. The largest absolute Gasteiger partial charge is 0.264 e. The maximum Gasteiger partial charge on any atom is -0.00533 e. The van der Waals surface area contributed by atoms with E-state index in [1.165, 1.54) is 5.57 Å². The highest BCUT2D eigenvalue weighted by molar-refractivity contribution is 8.00. The van der Waals surface area contributed by atoms with Crippen LogP contribution in [0.5, 0.6) is 0 Å². The van der Waals surface area contributed by atoms with Gasteiger partial charge < -0.3 is 0 Å². The Morgan fingerprint density at radius 1 is 1.75 bits per heavy atom. The third-order valence-electron chi connectivity index (χ3n) is 0.936. The molecule has 0 amide bonds. The van der Waals surface area contributed by atoms with E-state index >= 15 is 0 Å². The molecule has 0 aliphatic carbocycles. The Labute approximate surface area is 55.7 Å². The van der Waals surface area contributed by atoms with Crippen molar-refractivity contribution in [3.8, 4) is 0 Å². The van der Waals surface area contributed by atoms with E-state index in [1.54, 1.807) is 11.9 Å². The van der Waals surface area contributed by atoms with E-state index in [2.05, 4.69) is 24.0 Å². The summed E-state index contributed by atoms with van der Waals surface area (Å²) >= 11 is 1.63. The van der Waals surface area contributed by atoms with E-state index < -0.39 is 0 Å². The molecule has 0 aromatic rings. The van der Waals surface area contributed by atoms with Crippen LogP contribution >= 0.6 is 11.9 Å². The van der Waals surface area contributed by atoms with Gasteiger partial charge in [0.15, 0.2) is 0 Å². The minimum Gasteiger partial charge on any atom is -0.264 e. The van der Waals surface area contributed by atoms with Crippen LogP contribution in [0.25, 0.3) is 0 Å². The average molecular weight is 131 g/mol. The fourth-order valence-electron chi connectivity index (χ4n) is 0.243. The summed E-state index contributed by atoms with van der Waals surface area (Å²) in [7, 11) is 1.92. The lowest BCUT2D eigenvalue weighted by Crippen LogP contribution is -1.86. The zero-order valence-electron chi connectivity index (χ0n) is 5.69. The molecule has 0 unspecified atom stereocenters. The molecule has 0 bridgehead atoms. The van der Waals surface area contributed by atoms with Crippen LogP contribution < -0.4 is 4.72 Å². The van der Waals surface area contributed by atoms with Crippen LogP contribution in [-0.4, -0.2) is 7.05 Å². The summed E-state index contributed by atoms with van der Waals surface area (Å²) in [6.45, 7) is 4.28. The Balaban J connectivity index is 3.26. The molecular weight excluding hydrogens is 118 g/mol. The van der Waals surface area contributed by atoms with E-state index in [4.69, 9.17) is 0 Å². The van der Waals surface area contributed by atoms with Gasteiger partial charge in [0, 0.05) is 0 Å². The molecule has 0 saturated heterocycles. The van der Waals surface area contributed by atoms with Crippen molar-refractivity contribution in [2.24, 2.45) is 0 Å². The van der Waals surface area contributed by atoms with Crippen LogP contribution in [-0.2, 0) is 0 Å². The Hall–Kier alpha value is 0.0500. The molecule has 0 radical (unpaired) electrons. The highest BCUT2D eigenvalue weighted by Gasteiger charge is 1.79. The van der Waals surface area contributed by atoms with Crippen molar-refractivity contribution < 1.29 is 0 Å². The topological polar surface area (TPSA) is 12.0 Å². The molecule has 0 rings (SSSR count). The summed E-state index contributed by atoms with van der Waals surface area (Å²) < 4.78 is 2.97. The Bertz CT molecular complexity index is 78.6. The van der Waals surface area contributed by atoms with Gasteiger partial charge in [0.25, 0.3) is 0 Å². The van der Waals surface area contributed by atoms with Gasteiger partial charge in [-0.15, -0.1) is 0 Å². The lowest BCUT2D eigenvalue weighted by atomic mass is 10.3. The number of hydrogen-bond donors (Lipinski definition) is 1. The second-order valence-corrected chi connectivity index (χ2v) is 2.52. The molecule has 2 heteroatoms. The molecule has 48 valence electrons. The van der Waals surface area contributed by atoms with Gasteiger partial charge in [0.1, 0.15) is 0 Å². The second-order valence-electron chi connectivity index (χ2n) is 1.64. The van der Waals surface area contributed by atoms with Crippen LogP contribution in [0.1, 0.15) is 20.3 Å². The third-order valence-corrected chi connectivity index (χ3v) is 1.69. The molecule has 0 saturated carbocycles. The van der Waals surface area contributed by atoms with Crippen molar-refractivity contribution in [2.75, 3.05) is 7.05 Å². The fraction of sp³-hybridized carbons (Fsp3) is 0.667. The first-order valence-electron chi connectivity index (χ1n) is 2.79. The normalized spacial score (nSPS) is 12.1. The lowest BCUT2D eigenvalue weighted by molar-refractivity contribution is 1.11. The fourth-order valence-corrected chi connectivity index (χ4v) is 0.729. The van der Waals surface area contributed by atoms with Crippen molar-refractivity contribution in [3.63, 3.8) is 0 Å². The van der Waals surface area contributed by atoms with Crippen molar-refractivity contribution in [1.82, 2.24) is 4.72 Å². The molecule has 1 N–H and O–H groups in total. The quantitative estimate of drug-likeness (QED) is 0.589. The van der Waals surface area contributed by atoms with Crippen molar-refractivity contribution >= 4 is 11.9 Å². The smallest absolute Gasteiger partial charge is 0.00533 e. The minimum atomic E-state index is 1.15. The van der Waals surface area contributed by atoms with Gasteiger partial charge in [-0.1, -0.05) is 24.4 Å². The predicted molar refractivity (Wildman–Crippen MR) is 40.7 cm³/mol. The van der Waals surface area contributed by atoms with Crippen molar-refractivity contribution in [1.29, 1.82) is 0 Å². The van der Waals surface area contributed by atoms with Crippen LogP contribution in [0, 0.1) is 0 Å². The molecule has 0 aliphatic rings. The average Bonchev–Trinajstić information content (AvgIpc) is 1.83. The standard InChI is InChI=1S/C6H13NS/c1-4-6(2)5-8-7-3/h5,7H,4H2,1-3H3/b6-5-. The van der Waals surface area contributed by atoms with Gasteiger partial charge >= 0.3 is 0 Å². The van der Waals surface area contributed by atoms with E-state index in [-0.39, 0.29) is 0 Å². The predicted octanol–water partition coefficient (Wildman–Crippen LogP) is 2.17. The third kappa shape index (κ3) is 4.22. The molecule has 8 heavy (non-hydrogen) atoms. The molecule has 0 aromatic heterocycles. The first-order chi connectivity index (χ1) is 3.81. The van der Waals surface area contributed by atoms with Gasteiger partial charge in [-0.2, -0.15) is 0 Å². The van der Waals surface area contributed by atoms with Gasteiger partial charge in [-0.3, -0.25) is 4.72 Å². The molecular formula is C6H13NS. The molecule has 0 fully saturated rings. The summed E-state index contributed by atoms with van der Waals surface area (Å²) in [5.41, 5.74) is 1.42. The summed E-state index contributed by atoms with van der Waals surface area (Å²) in [5.74, 6) is 0. The van der Waals surface area contributed by atoms with Crippen LogP contribution in [0.3, 0.4) is 0 Å². The Morgan fingerprint density at radius 3 is 2.75 bits per heavy atom. The summed E-state index contributed by atoms with van der Waals surface area (Å²) in [6.07, 6.45) is 1.15. The van der Waals surface area contributed by atoms with Crippen LogP contribution in [0.15, 0.2) is 11.0 Å². The molecule has 0 atom stereocenters. The van der Waals surface area contributed by atoms with E-state index in [0.717, 1.165) is 6.42 Å². The van der Waals surface area contributed by atoms with Gasteiger partial charge in [-0.25, -0.2) is 0 Å². The number of hydrogen-bond acceptors (Lipinski definition) is 2. The van der Waals surface area contributed by atoms with E-state index in [1.807, 2.05) is 7.05 Å². The maximum atomic E-state index is 2.97. The maximum absolute atomic E-state index is 2.97. The Morgan fingerprint density at radius 2 is 2.38 bits per heavy atom. The van der Waals surface area contributed by atoms with Gasteiger partial charge in [0.05, 0.1) is 0 Å². The first-order valence-corrected chi connectivity index (χ1v) is 3.67. The zero-order chi connectivity index (χ0) is 6.41. The van der Waals surface area contributed by atoms with Gasteiger partial charge in [0.2, 0.25) is 0 Å². The van der Waals surface area contributed by atoms with Crippen molar-refractivity contribution in [2.45, 2.75) is 20.3 Å². The monoisotopic (exact) mass is 131 g/mol. The first kappa shape index (κ1) is 8.05. The zero-order valence-corrected chi connectivity index (χ0v) is 6.51. The summed E-state index contributed by atoms with van der Waals surface area (Å²) in [4.78, 5) is 0. The van der Waals surface area contributed by atoms with E-state index in [9.17, 15) is 0 Å². The van der Waals surface area contributed by atoms with Crippen molar-refractivity contribution in [3.05, 3.63) is 11.0 Å². The lowest BCUT2D eigenvalue weighted by Gasteiger charge is -1.91. The number of allylic oxidation sites excluding steroid dienone is 1. The molecule has 0 spiro atoms.